The first-order chi connectivity index (χ1) is 11.3. The second-order valence-electron chi connectivity index (χ2n) is 7.96. The predicted octanol–water partition coefficient (Wildman–Crippen LogP) is 4.18. The summed E-state index contributed by atoms with van der Waals surface area (Å²) in [6, 6.07) is 8.33. The highest BCUT2D eigenvalue weighted by Gasteiger charge is 2.20. The average molecular weight is 329 g/mol. The van der Waals surface area contributed by atoms with E-state index in [4.69, 9.17) is 4.98 Å². The number of nitrogens with zero attached hydrogens (tertiary/aromatic N) is 2. The number of carbonyl (C=O) groups excluding carboxylic acids is 1. The summed E-state index contributed by atoms with van der Waals surface area (Å²) in [5.41, 5.74) is 1.95. The van der Waals surface area contributed by atoms with Gasteiger partial charge in [0.25, 0.3) is 0 Å². The molecule has 0 aliphatic rings. The fourth-order valence-electron chi connectivity index (χ4n) is 2.67. The Morgan fingerprint density at radius 1 is 1.25 bits per heavy atom. The number of rotatable bonds is 7. The number of benzene rings is 1. The Bertz CT molecular complexity index is 680. The van der Waals surface area contributed by atoms with E-state index in [1.807, 2.05) is 26.8 Å². The van der Waals surface area contributed by atoms with E-state index in [-0.39, 0.29) is 11.3 Å². The molecule has 2 aromatic rings. The van der Waals surface area contributed by atoms with Crippen molar-refractivity contribution in [2.24, 2.45) is 11.3 Å². The molecule has 2 rings (SSSR count). The van der Waals surface area contributed by atoms with Crippen LogP contribution in [0.2, 0.25) is 0 Å². The second-order valence-corrected chi connectivity index (χ2v) is 7.96. The van der Waals surface area contributed by atoms with Gasteiger partial charge in [-0.15, -0.1) is 0 Å². The quantitative estimate of drug-likeness (QED) is 0.775. The molecular formula is C20H31N3O. The molecule has 1 aromatic carbocycles. The Morgan fingerprint density at radius 2 is 1.96 bits per heavy atom. The molecule has 0 bridgehead atoms. The van der Waals surface area contributed by atoms with Crippen molar-refractivity contribution < 1.29 is 4.79 Å². The Kier molecular flexibility index (Phi) is 6.03. The molecule has 4 nitrogen and oxygen atoms in total. The van der Waals surface area contributed by atoms with Crippen LogP contribution in [-0.2, 0) is 17.8 Å². The summed E-state index contributed by atoms with van der Waals surface area (Å²) in [6.07, 6.45) is 2.94. The van der Waals surface area contributed by atoms with Crippen LogP contribution in [0.25, 0.3) is 11.0 Å². The van der Waals surface area contributed by atoms with Crippen LogP contribution in [0.15, 0.2) is 24.3 Å². The first kappa shape index (κ1) is 18.5. The number of hydrogen-bond acceptors (Lipinski definition) is 2. The molecule has 24 heavy (non-hydrogen) atoms. The third kappa shape index (κ3) is 4.83. The summed E-state index contributed by atoms with van der Waals surface area (Å²) in [7, 11) is 0. The molecule has 4 heteroatoms. The van der Waals surface area contributed by atoms with E-state index in [1.54, 1.807) is 0 Å². The first-order valence-corrected chi connectivity index (χ1v) is 9.01. The van der Waals surface area contributed by atoms with Crippen molar-refractivity contribution in [3.63, 3.8) is 0 Å². The lowest BCUT2D eigenvalue weighted by Crippen LogP contribution is -2.35. The maximum Gasteiger partial charge on any atom is 0.225 e. The molecule has 1 aromatic heterocycles. The van der Waals surface area contributed by atoms with Gasteiger partial charge in [-0.2, -0.15) is 0 Å². The number of nitrogens with one attached hydrogen (secondary N) is 1. The minimum absolute atomic E-state index is 0.107. The van der Waals surface area contributed by atoms with Crippen molar-refractivity contribution in [1.82, 2.24) is 14.9 Å². The Balaban J connectivity index is 2.02. The monoisotopic (exact) mass is 329 g/mol. The van der Waals surface area contributed by atoms with Crippen molar-refractivity contribution in [1.29, 1.82) is 0 Å². The Morgan fingerprint density at radius 3 is 2.62 bits per heavy atom. The topological polar surface area (TPSA) is 46.9 Å². The van der Waals surface area contributed by atoms with Gasteiger partial charge in [0.15, 0.2) is 0 Å². The van der Waals surface area contributed by atoms with Crippen LogP contribution in [0.5, 0.6) is 0 Å². The van der Waals surface area contributed by atoms with Crippen LogP contribution in [-0.4, -0.2) is 22.0 Å². The number of aromatic nitrogens is 2. The van der Waals surface area contributed by atoms with Gasteiger partial charge in [0.05, 0.1) is 11.0 Å². The van der Waals surface area contributed by atoms with E-state index in [1.165, 1.54) is 5.52 Å². The first-order valence-electron chi connectivity index (χ1n) is 9.01. The van der Waals surface area contributed by atoms with Crippen molar-refractivity contribution in [2.45, 2.75) is 60.4 Å². The molecule has 132 valence electrons. The highest BCUT2D eigenvalue weighted by molar-refractivity contribution is 5.81. The van der Waals surface area contributed by atoms with Gasteiger partial charge >= 0.3 is 0 Å². The van der Waals surface area contributed by atoms with Crippen molar-refractivity contribution in [3.8, 4) is 0 Å². The summed E-state index contributed by atoms with van der Waals surface area (Å²) < 4.78 is 2.35. The molecule has 1 heterocycles. The van der Waals surface area contributed by atoms with Crippen LogP contribution in [0.4, 0.5) is 0 Å². The molecule has 0 atom stereocenters. The number of amides is 1. The normalized spacial score (nSPS) is 12.1. The summed E-state index contributed by atoms with van der Waals surface area (Å²) >= 11 is 0. The summed E-state index contributed by atoms with van der Waals surface area (Å²) in [4.78, 5) is 16.7. The molecule has 0 unspecified atom stereocenters. The van der Waals surface area contributed by atoms with Gasteiger partial charge in [0.2, 0.25) is 5.91 Å². The van der Waals surface area contributed by atoms with E-state index >= 15 is 0 Å². The number of imidazole rings is 1. The van der Waals surface area contributed by atoms with Crippen LogP contribution < -0.4 is 5.32 Å². The van der Waals surface area contributed by atoms with E-state index in [9.17, 15) is 4.79 Å². The zero-order valence-electron chi connectivity index (χ0n) is 15.7. The molecular weight excluding hydrogens is 298 g/mol. The molecule has 0 radical (unpaired) electrons. The highest BCUT2D eigenvalue weighted by Crippen LogP contribution is 2.19. The maximum absolute atomic E-state index is 11.9. The lowest BCUT2D eigenvalue weighted by Gasteiger charge is -2.17. The largest absolute Gasteiger partial charge is 0.356 e. The maximum atomic E-state index is 11.9. The fraction of sp³-hybridized carbons (Fsp3) is 0.600. The third-order valence-corrected chi connectivity index (χ3v) is 4.21. The van der Waals surface area contributed by atoms with Crippen molar-refractivity contribution >= 4 is 16.9 Å². The SMILES string of the molecule is CC(C)CCn1c(CCCNC(=O)C(C)(C)C)nc2ccccc21. The summed E-state index contributed by atoms with van der Waals surface area (Å²) in [5, 5.41) is 3.02. The van der Waals surface area contributed by atoms with Crippen molar-refractivity contribution in [2.75, 3.05) is 6.54 Å². The van der Waals surface area contributed by atoms with Crippen LogP contribution in [0.3, 0.4) is 0 Å². The van der Waals surface area contributed by atoms with Gasteiger partial charge in [-0.25, -0.2) is 4.98 Å². The predicted molar refractivity (Wildman–Crippen MR) is 100.0 cm³/mol. The average Bonchev–Trinajstić information content (AvgIpc) is 2.85. The molecule has 0 saturated carbocycles. The lowest BCUT2D eigenvalue weighted by atomic mass is 9.96. The number of carbonyl (C=O) groups is 1. The molecule has 0 spiro atoms. The summed E-state index contributed by atoms with van der Waals surface area (Å²) in [5.74, 6) is 1.91. The van der Waals surface area contributed by atoms with Gasteiger partial charge < -0.3 is 9.88 Å². The van der Waals surface area contributed by atoms with Gasteiger partial charge in [0, 0.05) is 24.9 Å². The van der Waals surface area contributed by atoms with Gasteiger partial charge in [-0.1, -0.05) is 46.8 Å². The molecule has 0 saturated heterocycles. The minimum Gasteiger partial charge on any atom is -0.356 e. The third-order valence-electron chi connectivity index (χ3n) is 4.21. The van der Waals surface area contributed by atoms with E-state index in [0.29, 0.717) is 12.5 Å². The number of fused-ring (bicyclic) bond motifs is 1. The van der Waals surface area contributed by atoms with Gasteiger partial charge in [0.1, 0.15) is 5.82 Å². The molecule has 1 N–H and O–H groups in total. The summed E-state index contributed by atoms with van der Waals surface area (Å²) in [6.45, 7) is 12.0. The van der Waals surface area contributed by atoms with Crippen LogP contribution in [0, 0.1) is 11.3 Å². The van der Waals surface area contributed by atoms with Crippen LogP contribution in [0.1, 0.15) is 53.3 Å². The minimum atomic E-state index is -0.329. The number of para-hydroxylation sites is 2. The number of hydrogen-bond donors (Lipinski definition) is 1. The standard InChI is InChI=1S/C20H31N3O/c1-15(2)12-14-23-17-10-7-6-9-16(17)22-18(23)11-8-13-21-19(24)20(3,4)5/h6-7,9-10,15H,8,11-14H2,1-5H3,(H,21,24). The fourth-order valence-corrected chi connectivity index (χ4v) is 2.67. The molecule has 0 aliphatic carbocycles. The van der Waals surface area contributed by atoms with E-state index < -0.39 is 0 Å². The highest BCUT2D eigenvalue weighted by atomic mass is 16.2. The second kappa shape index (κ2) is 7.82. The van der Waals surface area contributed by atoms with Crippen LogP contribution >= 0.6 is 0 Å². The zero-order valence-corrected chi connectivity index (χ0v) is 15.7. The molecule has 1 amide bonds. The van der Waals surface area contributed by atoms with Gasteiger partial charge in [-0.3, -0.25) is 4.79 Å². The molecule has 0 fully saturated rings. The van der Waals surface area contributed by atoms with E-state index in [2.05, 4.69) is 41.9 Å². The Labute approximate surface area is 145 Å². The van der Waals surface area contributed by atoms with Gasteiger partial charge in [-0.05, 0) is 30.9 Å². The van der Waals surface area contributed by atoms with E-state index in [0.717, 1.165) is 37.1 Å². The lowest BCUT2D eigenvalue weighted by molar-refractivity contribution is -0.128. The molecule has 0 aliphatic heterocycles. The smallest absolute Gasteiger partial charge is 0.225 e. The Hall–Kier alpha value is -1.84. The number of aryl methyl sites for hydroxylation is 2. The zero-order chi connectivity index (χ0) is 17.7. The van der Waals surface area contributed by atoms with Crippen molar-refractivity contribution in [3.05, 3.63) is 30.1 Å².